The zero-order valence-electron chi connectivity index (χ0n) is 17.8. The molecule has 2 aromatic heterocycles. The number of amides is 1. The predicted octanol–water partition coefficient (Wildman–Crippen LogP) is 4.74. The van der Waals surface area contributed by atoms with Crippen molar-refractivity contribution in [2.75, 3.05) is 5.32 Å². The van der Waals surface area contributed by atoms with Gasteiger partial charge in [0.15, 0.2) is 6.04 Å². The molecule has 4 rings (SSSR count). The standard InChI is InChI=1S/C23H24F3N5O/c1-3-15-5-7-16(8-6-15)19-10-20(23(24,25)26)31-21(30-19)18(13-29-31)22(32)28-12-17-9-4-14(2)11-27-17/h4-9,11,13,19-20,30H,3,10,12H2,1-2H3,(H,28,32)/t19-,20+/m0/s1. The van der Waals surface area contributed by atoms with E-state index in [2.05, 4.69) is 20.7 Å². The number of carbonyl (C=O) groups excluding carboxylic acids is 1. The third-order valence-electron chi connectivity index (χ3n) is 5.68. The van der Waals surface area contributed by atoms with Gasteiger partial charge in [0, 0.05) is 12.6 Å². The Hall–Kier alpha value is -3.36. The van der Waals surface area contributed by atoms with E-state index in [9.17, 15) is 18.0 Å². The van der Waals surface area contributed by atoms with Crippen LogP contribution in [0.5, 0.6) is 0 Å². The van der Waals surface area contributed by atoms with Crippen LogP contribution in [0.15, 0.2) is 48.8 Å². The molecule has 0 saturated heterocycles. The molecule has 2 N–H and O–H groups in total. The average Bonchev–Trinajstić information content (AvgIpc) is 3.21. The molecule has 2 atom stereocenters. The highest BCUT2D eigenvalue weighted by Crippen LogP contribution is 2.44. The number of nitrogens with one attached hydrogen (secondary N) is 2. The first-order chi connectivity index (χ1) is 15.3. The number of carbonyl (C=O) groups is 1. The smallest absolute Gasteiger partial charge is 0.363 e. The first-order valence-electron chi connectivity index (χ1n) is 10.5. The maximum atomic E-state index is 13.8. The van der Waals surface area contributed by atoms with Crippen LogP contribution >= 0.6 is 0 Å². The Morgan fingerprint density at radius 1 is 1.19 bits per heavy atom. The van der Waals surface area contributed by atoms with Gasteiger partial charge in [-0.15, -0.1) is 0 Å². The topological polar surface area (TPSA) is 71.8 Å². The third kappa shape index (κ3) is 4.46. The van der Waals surface area contributed by atoms with Gasteiger partial charge in [-0.3, -0.25) is 9.78 Å². The zero-order valence-corrected chi connectivity index (χ0v) is 17.8. The molecule has 0 unspecified atom stereocenters. The van der Waals surface area contributed by atoms with Gasteiger partial charge >= 0.3 is 6.18 Å². The normalized spacial score (nSPS) is 18.0. The van der Waals surface area contributed by atoms with E-state index >= 15 is 0 Å². The van der Waals surface area contributed by atoms with Crippen molar-refractivity contribution in [2.45, 2.75) is 51.5 Å². The Morgan fingerprint density at radius 2 is 1.94 bits per heavy atom. The summed E-state index contributed by atoms with van der Waals surface area (Å²) in [5.41, 5.74) is 3.55. The van der Waals surface area contributed by atoms with Crippen LogP contribution in [0.3, 0.4) is 0 Å². The Balaban J connectivity index is 1.60. The molecule has 0 aliphatic carbocycles. The number of hydrogen-bond donors (Lipinski definition) is 2. The fraction of sp³-hybridized carbons (Fsp3) is 0.348. The largest absolute Gasteiger partial charge is 0.410 e. The van der Waals surface area contributed by atoms with E-state index in [1.54, 1.807) is 12.3 Å². The van der Waals surface area contributed by atoms with Crippen LogP contribution in [-0.4, -0.2) is 26.8 Å². The quantitative estimate of drug-likeness (QED) is 0.598. The summed E-state index contributed by atoms with van der Waals surface area (Å²) >= 11 is 0. The van der Waals surface area contributed by atoms with Crippen LogP contribution in [0.4, 0.5) is 19.0 Å². The van der Waals surface area contributed by atoms with Crippen LogP contribution in [0, 0.1) is 6.92 Å². The highest BCUT2D eigenvalue weighted by atomic mass is 19.4. The highest BCUT2D eigenvalue weighted by molar-refractivity contribution is 5.98. The summed E-state index contributed by atoms with van der Waals surface area (Å²) in [5.74, 6) is -0.443. The van der Waals surface area contributed by atoms with Gasteiger partial charge in [0.1, 0.15) is 11.4 Å². The summed E-state index contributed by atoms with van der Waals surface area (Å²) in [6.45, 7) is 4.08. The van der Waals surface area contributed by atoms with Crippen LogP contribution in [0.2, 0.25) is 0 Å². The molecule has 0 bridgehead atoms. The molecule has 0 radical (unpaired) electrons. The zero-order chi connectivity index (χ0) is 22.9. The number of fused-ring (bicyclic) bond motifs is 1. The Labute approximate surface area is 183 Å². The number of aromatic nitrogens is 3. The second-order valence-corrected chi connectivity index (χ2v) is 7.95. The first-order valence-corrected chi connectivity index (χ1v) is 10.5. The lowest BCUT2D eigenvalue weighted by Crippen LogP contribution is -2.36. The third-order valence-corrected chi connectivity index (χ3v) is 5.68. The van der Waals surface area contributed by atoms with E-state index in [0.717, 1.165) is 27.8 Å². The van der Waals surface area contributed by atoms with Crippen molar-refractivity contribution < 1.29 is 18.0 Å². The lowest BCUT2D eigenvalue weighted by Gasteiger charge is -2.34. The molecule has 0 saturated carbocycles. The van der Waals surface area contributed by atoms with Crippen molar-refractivity contribution in [3.05, 3.63) is 76.7 Å². The van der Waals surface area contributed by atoms with Gasteiger partial charge in [-0.1, -0.05) is 37.3 Å². The van der Waals surface area contributed by atoms with E-state index < -0.39 is 24.2 Å². The number of alkyl halides is 3. The number of rotatable bonds is 5. The van der Waals surface area contributed by atoms with Crippen LogP contribution in [0.1, 0.15) is 58.2 Å². The maximum absolute atomic E-state index is 13.8. The van der Waals surface area contributed by atoms with Crippen LogP contribution in [0.25, 0.3) is 0 Å². The lowest BCUT2D eigenvalue weighted by atomic mass is 9.95. The molecule has 1 aromatic carbocycles. The summed E-state index contributed by atoms with van der Waals surface area (Å²) in [7, 11) is 0. The summed E-state index contributed by atoms with van der Waals surface area (Å²) < 4.78 is 42.4. The molecule has 0 fully saturated rings. The lowest BCUT2D eigenvalue weighted by molar-refractivity contribution is -0.173. The molecule has 0 spiro atoms. The number of nitrogens with zero attached hydrogens (tertiary/aromatic N) is 3. The molecule has 3 aromatic rings. The molecule has 6 nitrogen and oxygen atoms in total. The average molecular weight is 443 g/mol. The monoisotopic (exact) mass is 443 g/mol. The Bertz CT molecular complexity index is 1090. The Kier molecular flexibility index (Phi) is 5.90. The number of anilines is 1. The number of benzene rings is 1. The summed E-state index contributed by atoms with van der Waals surface area (Å²) in [6.07, 6.45) is -0.993. The summed E-state index contributed by atoms with van der Waals surface area (Å²) in [6, 6.07) is 8.73. The van der Waals surface area contributed by atoms with Crippen molar-refractivity contribution in [3.63, 3.8) is 0 Å². The van der Waals surface area contributed by atoms with Gasteiger partial charge in [0.05, 0.1) is 24.5 Å². The summed E-state index contributed by atoms with van der Waals surface area (Å²) in [4.78, 5) is 17.0. The molecule has 32 heavy (non-hydrogen) atoms. The molecule has 1 aliphatic rings. The summed E-state index contributed by atoms with van der Waals surface area (Å²) in [5, 5.41) is 9.74. The van der Waals surface area contributed by atoms with Crippen molar-refractivity contribution >= 4 is 11.7 Å². The maximum Gasteiger partial charge on any atom is 0.410 e. The number of halogens is 3. The number of hydrogen-bond acceptors (Lipinski definition) is 4. The van der Waals surface area contributed by atoms with E-state index in [1.807, 2.05) is 44.2 Å². The van der Waals surface area contributed by atoms with Crippen LogP contribution in [-0.2, 0) is 13.0 Å². The molecule has 9 heteroatoms. The van der Waals surface area contributed by atoms with Crippen LogP contribution < -0.4 is 10.6 Å². The van der Waals surface area contributed by atoms with Crippen molar-refractivity contribution in [3.8, 4) is 0 Å². The first kappa shape index (κ1) is 21.9. The van der Waals surface area contributed by atoms with Gasteiger partial charge in [-0.2, -0.15) is 18.3 Å². The Morgan fingerprint density at radius 3 is 2.56 bits per heavy atom. The van der Waals surface area contributed by atoms with E-state index in [-0.39, 0.29) is 24.3 Å². The van der Waals surface area contributed by atoms with Gasteiger partial charge < -0.3 is 10.6 Å². The molecular formula is C23H24F3N5O. The minimum Gasteiger partial charge on any atom is -0.363 e. The number of aryl methyl sites for hydroxylation is 2. The van der Waals surface area contributed by atoms with Gasteiger partial charge in [-0.25, -0.2) is 4.68 Å². The molecule has 1 aliphatic heterocycles. The second kappa shape index (κ2) is 8.64. The molecular weight excluding hydrogens is 419 g/mol. The van der Waals surface area contributed by atoms with E-state index in [1.165, 1.54) is 6.20 Å². The SMILES string of the molecule is CCc1ccc([C@@H]2C[C@H](C(F)(F)F)n3ncc(C(=O)NCc4ccc(C)cn4)c3N2)cc1. The van der Waals surface area contributed by atoms with E-state index in [0.29, 0.717) is 5.69 Å². The van der Waals surface area contributed by atoms with Gasteiger partial charge in [0.2, 0.25) is 0 Å². The fourth-order valence-corrected chi connectivity index (χ4v) is 3.80. The minimum absolute atomic E-state index is 0.0671. The van der Waals surface area contributed by atoms with Crippen molar-refractivity contribution in [2.24, 2.45) is 0 Å². The highest BCUT2D eigenvalue weighted by Gasteiger charge is 2.47. The van der Waals surface area contributed by atoms with E-state index in [4.69, 9.17) is 0 Å². The molecule has 1 amide bonds. The van der Waals surface area contributed by atoms with Gasteiger partial charge in [0.25, 0.3) is 5.91 Å². The fourth-order valence-electron chi connectivity index (χ4n) is 3.80. The molecule has 3 heterocycles. The minimum atomic E-state index is -4.50. The van der Waals surface area contributed by atoms with Crippen molar-refractivity contribution in [1.82, 2.24) is 20.1 Å². The number of pyridine rings is 1. The van der Waals surface area contributed by atoms with Crippen molar-refractivity contribution in [1.29, 1.82) is 0 Å². The predicted molar refractivity (Wildman–Crippen MR) is 114 cm³/mol. The molecule has 168 valence electrons. The van der Waals surface area contributed by atoms with Gasteiger partial charge in [-0.05, 0) is 36.1 Å². The second-order valence-electron chi connectivity index (χ2n) is 7.95.